The third-order valence-corrected chi connectivity index (χ3v) is 3.54. The maximum absolute atomic E-state index is 13.3. The Morgan fingerprint density at radius 2 is 2.27 bits per heavy atom. The van der Waals surface area contributed by atoms with Crippen molar-refractivity contribution in [1.82, 2.24) is 0 Å². The minimum atomic E-state index is -0.258. The van der Waals surface area contributed by atoms with Crippen molar-refractivity contribution in [3.05, 3.63) is 34.6 Å². The minimum absolute atomic E-state index is 0.177. The zero-order chi connectivity index (χ0) is 11.3. The number of hydrogen-bond acceptors (Lipinski definition) is 2. The number of hydrogen-bond donors (Lipinski definition) is 1. The molecule has 1 rings (SSSR count). The Morgan fingerprint density at radius 3 is 2.87 bits per heavy atom. The average molecular weight is 249 g/mol. The monoisotopic (exact) mass is 248 g/mol. The summed E-state index contributed by atoms with van der Waals surface area (Å²) in [6.07, 6.45) is 0. The van der Waals surface area contributed by atoms with E-state index in [1.807, 2.05) is 6.92 Å². The molecule has 1 unspecified atom stereocenters. The predicted molar refractivity (Wildman–Crippen MR) is 63.8 cm³/mol. The average Bonchev–Trinajstić information content (AvgIpc) is 2.21. The van der Waals surface area contributed by atoms with Crippen LogP contribution in [-0.4, -0.2) is 17.5 Å². The molecule has 15 heavy (non-hydrogen) atoms. The summed E-state index contributed by atoms with van der Waals surface area (Å²) in [6, 6.07) is 4.72. The van der Waals surface area contributed by atoms with Crippen LogP contribution in [0.2, 0.25) is 5.02 Å². The van der Waals surface area contributed by atoms with Crippen molar-refractivity contribution >= 4 is 23.4 Å². The molecule has 0 spiro atoms. The standard InChI is InChI=1S/C11H14ClFOS/c1-8(5-14)6-15-7-9-2-3-10(12)4-11(9)13/h2-4,8,14H,5-7H2,1H3. The highest BCUT2D eigenvalue weighted by atomic mass is 35.5. The van der Waals surface area contributed by atoms with Gasteiger partial charge in [-0.1, -0.05) is 24.6 Å². The van der Waals surface area contributed by atoms with E-state index in [-0.39, 0.29) is 18.3 Å². The summed E-state index contributed by atoms with van der Waals surface area (Å²) >= 11 is 7.26. The summed E-state index contributed by atoms with van der Waals surface area (Å²) < 4.78 is 13.3. The summed E-state index contributed by atoms with van der Waals surface area (Å²) in [7, 11) is 0. The SMILES string of the molecule is CC(CO)CSCc1ccc(Cl)cc1F. The lowest BCUT2D eigenvalue weighted by molar-refractivity contribution is 0.250. The summed E-state index contributed by atoms with van der Waals surface area (Å²) in [5.41, 5.74) is 0.662. The Labute approximate surface area is 98.6 Å². The Balaban J connectivity index is 2.44. The molecule has 1 aromatic carbocycles. The van der Waals surface area contributed by atoms with Crippen LogP contribution in [0.4, 0.5) is 4.39 Å². The van der Waals surface area contributed by atoms with Crippen molar-refractivity contribution in [2.24, 2.45) is 5.92 Å². The molecule has 0 aliphatic carbocycles. The molecule has 0 amide bonds. The van der Waals surface area contributed by atoms with Crippen molar-refractivity contribution in [2.45, 2.75) is 12.7 Å². The second kappa shape index (κ2) is 6.36. The van der Waals surface area contributed by atoms with Crippen molar-refractivity contribution < 1.29 is 9.50 Å². The van der Waals surface area contributed by atoms with Gasteiger partial charge in [-0.25, -0.2) is 4.39 Å². The van der Waals surface area contributed by atoms with Gasteiger partial charge in [0, 0.05) is 17.4 Å². The van der Waals surface area contributed by atoms with Gasteiger partial charge in [0.1, 0.15) is 5.82 Å². The predicted octanol–water partition coefficient (Wildman–Crippen LogP) is 3.34. The van der Waals surface area contributed by atoms with Gasteiger partial charge in [-0.15, -0.1) is 0 Å². The Kier molecular flexibility index (Phi) is 5.43. The molecule has 0 fully saturated rings. The quantitative estimate of drug-likeness (QED) is 0.863. The van der Waals surface area contributed by atoms with Gasteiger partial charge in [0.2, 0.25) is 0 Å². The molecule has 0 saturated heterocycles. The van der Waals surface area contributed by atoms with E-state index in [2.05, 4.69) is 0 Å². The van der Waals surface area contributed by atoms with Crippen LogP contribution >= 0.6 is 23.4 Å². The lowest BCUT2D eigenvalue weighted by Crippen LogP contribution is -2.03. The molecule has 4 heteroatoms. The van der Waals surface area contributed by atoms with E-state index in [9.17, 15) is 4.39 Å². The molecule has 0 aromatic heterocycles. The molecule has 1 aromatic rings. The number of rotatable bonds is 5. The van der Waals surface area contributed by atoms with Crippen LogP contribution in [0.5, 0.6) is 0 Å². The molecule has 1 atom stereocenters. The van der Waals surface area contributed by atoms with E-state index in [4.69, 9.17) is 16.7 Å². The van der Waals surface area contributed by atoms with Gasteiger partial charge in [-0.2, -0.15) is 11.8 Å². The van der Waals surface area contributed by atoms with Crippen molar-refractivity contribution in [3.8, 4) is 0 Å². The molecule has 1 N–H and O–H groups in total. The van der Waals surface area contributed by atoms with Gasteiger partial charge in [0.05, 0.1) is 0 Å². The molecular formula is C11H14ClFOS. The molecule has 1 nitrogen and oxygen atoms in total. The first kappa shape index (κ1) is 12.8. The maximum Gasteiger partial charge on any atom is 0.128 e. The largest absolute Gasteiger partial charge is 0.396 e. The zero-order valence-electron chi connectivity index (χ0n) is 8.54. The fraction of sp³-hybridized carbons (Fsp3) is 0.455. The van der Waals surface area contributed by atoms with E-state index >= 15 is 0 Å². The fourth-order valence-electron chi connectivity index (χ4n) is 1.06. The highest BCUT2D eigenvalue weighted by Gasteiger charge is 2.04. The van der Waals surface area contributed by atoms with Crippen LogP contribution in [0, 0.1) is 11.7 Å². The Hall–Kier alpha value is -0.250. The molecule has 0 aliphatic heterocycles. The molecule has 0 bridgehead atoms. The number of benzene rings is 1. The molecule has 0 aliphatic rings. The van der Waals surface area contributed by atoms with Crippen molar-refractivity contribution in [2.75, 3.05) is 12.4 Å². The first-order chi connectivity index (χ1) is 7.13. The van der Waals surface area contributed by atoms with Gasteiger partial charge in [-0.3, -0.25) is 0 Å². The van der Waals surface area contributed by atoms with Crippen LogP contribution in [0.1, 0.15) is 12.5 Å². The van der Waals surface area contributed by atoms with E-state index in [0.29, 0.717) is 16.3 Å². The number of thioether (sulfide) groups is 1. The van der Waals surface area contributed by atoms with Crippen molar-refractivity contribution in [3.63, 3.8) is 0 Å². The summed E-state index contributed by atoms with van der Waals surface area (Å²) in [5.74, 6) is 1.45. The van der Waals surface area contributed by atoms with E-state index < -0.39 is 0 Å². The van der Waals surface area contributed by atoms with Gasteiger partial charge in [-0.05, 0) is 29.4 Å². The number of aliphatic hydroxyl groups is 1. The molecule has 0 radical (unpaired) electrons. The van der Waals surface area contributed by atoms with E-state index in [1.165, 1.54) is 6.07 Å². The normalized spacial score (nSPS) is 12.8. The third-order valence-electron chi connectivity index (χ3n) is 1.99. The van der Waals surface area contributed by atoms with E-state index in [0.717, 1.165) is 5.75 Å². The van der Waals surface area contributed by atoms with Crippen LogP contribution in [0.3, 0.4) is 0 Å². The lowest BCUT2D eigenvalue weighted by atomic mass is 10.2. The number of halogens is 2. The molecular weight excluding hydrogens is 235 g/mol. The molecule has 0 saturated carbocycles. The van der Waals surface area contributed by atoms with Gasteiger partial charge in [0.15, 0.2) is 0 Å². The van der Waals surface area contributed by atoms with Crippen LogP contribution in [-0.2, 0) is 5.75 Å². The third kappa shape index (κ3) is 4.41. The summed E-state index contributed by atoms with van der Waals surface area (Å²) in [4.78, 5) is 0. The lowest BCUT2D eigenvalue weighted by Gasteiger charge is -2.07. The van der Waals surface area contributed by atoms with Crippen LogP contribution in [0.25, 0.3) is 0 Å². The summed E-state index contributed by atoms with van der Waals surface area (Å²) in [6.45, 7) is 2.14. The second-order valence-electron chi connectivity index (χ2n) is 3.54. The maximum atomic E-state index is 13.3. The minimum Gasteiger partial charge on any atom is -0.396 e. The Bertz CT molecular complexity index is 319. The van der Waals surface area contributed by atoms with Crippen LogP contribution in [0.15, 0.2) is 18.2 Å². The highest BCUT2D eigenvalue weighted by Crippen LogP contribution is 2.20. The highest BCUT2D eigenvalue weighted by molar-refractivity contribution is 7.98. The Morgan fingerprint density at radius 1 is 1.53 bits per heavy atom. The molecule has 0 heterocycles. The van der Waals surface area contributed by atoms with Gasteiger partial charge >= 0.3 is 0 Å². The number of aliphatic hydroxyl groups excluding tert-OH is 1. The fourth-order valence-corrected chi connectivity index (χ4v) is 2.30. The van der Waals surface area contributed by atoms with Gasteiger partial charge in [0.25, 0.3) is 0 Å². The van der Waals surface area contributed by atoms with Crippen molar-refractivity contribution in [1.29, 1.82) is 0 Å². The first-order valence-corrected chi connectivity index (χ1v) is 6.29. The van der Waals surface area contributed by atoms with Gasteiger partial charge < -0.3 is 5.11 Å². The smallest absolute Gasteiger partial charge is 0.128 e. The summed E-state index contributed by atoms with van der Waals surface area (Å²) in [5, 5.41) is 9.24. The topological polar surface area (TPSA) is 20.2 Å². The first-order valence-electron chi connectivity index (χ1n) is 4.76. The molecule has 84 valence electrons. The van der Waals surface area contributed by atoms with Crippen LogP contribution < -0.4 is 0 Å². The zero-order valence-corrected chi connectivity index (χ0v) is 10.1. The second-order valence-corrected chi connectivity index (χ2v) is 5.01. The van der Waals surface area contributed by atoms with E-state index in [1.54, 1.807) is 23.9 Å².